The van der Waals surface area contributed by atoms with Gasteiger partial charge in [-0.15, -0.1) is 0 Å². The molecule has 4 rings (SSSR count). The van der Waals surface area contributed by atoms with E-state index in [0.29, 0.717) is 23.3 Å². The van der Waals surface area contributed by atoms with Gasteiger partial charge in [0.1, 0.15) is 5.82 Å². The van der Waals surface area contributed by atoms with Gasteiger partial charge in [0.15, 0.2) is 0 Å². The first-order valence-corrected chi connectivity index (χ1v) is 9.34. The maximum atomic E-state index is 13.2. The fourth-order valence-corrected chi connectivity index (χ4v) is 3.69. The summed E-state index contributed by atoms with van der Waals surface area (Å²) >= 11 is 0. The van der Waals surface area contributed by atoms with Crippen molar-refractivity contribution < 1.29 is 13.2 Å². The number of rotatable bonds is 3. The third-order valence-corrected chi connectivity index (χ3v) is 5.09. The Bertz CT molecular complexity index is 1050. The molecule has 2 aromatic carbocycles. The van der Waals surface area contributed by atoms with E-state index >= 15 is 0 Å². The van der Waals surface area contributed by atoms with Crippen molar-refractivity contribution in [2.45, 2.75) is 32.0 Å². The zero-order chi connectivity index (χ0) is 19.7. The molecular weight excluding hydrogens is 367 g/mol. The fraction of sp³-hybridized carbons (Fsp3) is 0.333. The molecule has 1 aromatic heterocycles. The van der Waals surface area contributed by atoms with E-state index in [1.165, 1.54) is 23.1 Å². The van der Waals surface area contributed by atoms with Gasteiger partial charge in [0, 0.05) is 0 Å². The van der Waals surface area contributed by atoms with Gasteiger partial charge in [-0.1, -0.05) is 24.6 Å². The van der Waals surface area contributed by atoms with Crippen LogP contribution in [-0.4, -0.2) is 27.5 Å². The highest BCUT2D eigenvalue weighted by molar-refractivity contribution is 5.77. The molecule has 2 heterocycles. The minimum absolute atomic E-state index is 0.185. The Morgan fingerprint density at radius 3 is 2.46 bits per heavy atom. The van der Waals surface area contributed by atoms with Crippen LogP contribution in [0.4, 0.5) is 13.2 Å². The van der Waals surface area contributed by atoms with E-state index in [2.05, 4.69) is 9.88 Å². The Balaban J connectivity index is 1.89. The third-order valence-electron chi connectivity index (χ3n) is 5.09. The average Bonchev–Trinajstić information content (AvgIpc) is 2.68. The van der Waals surface area contributed by atoms with Gasteiger partial charge in [0.2, 0.25) is 0 Å². The lowest BCUT2D eigenvalue weighted by atomic mass is 10.1. The zero-order valence-corrected chi connectivity index (χ0v) is 15.2. The first kappa shape index (κ1) is 18.7. The normalized spacial score (nSPS) is 15.8. The molecule has 7 heteroatoms. The van der Waals surface area contributed by atoms with Crippen LogP contribution in [0.1, 0.15) is 30.7 Å². The number of aromatic nitrogens is 2. The van der Waals surface area contributed by atoms with Gasteiger partial charge >= 0.3 is 6.18 Å². The van der Waals surface area contributed by atoms with E-state index in [1.807, 2.05) is 0 Å². The van der Waals surface area contributed by atoms with Crippen LogP contribution >= 0.6 is 0 Å². The number of piperidine rings is 1. The second-order valence-corrected chi connectivity index (χ2v) is 7.07. The van der Waals surface area contributed by atoms with Crippen molar-refractivity contribution in [2.24, 2.45) is 0 Å². The van der Waals surface area contributed by atoms with Gasteiger partial charge in [-0.2, -0.15) is 13.2 Å². The second-order valence-electron chi connectivity index (χ2n) is 7.07. The zero-order valence-electron chi connectivity index (χ0n) is 15.2. The molecular formula is C21H20F3N3O. The summed E-state index contributed by atoms with van der Waals surface area (Å²) in [7, 11) is 0. The Hall–Kier alpha value is -2.67. The van der Waals surface area contributed by atoms with Crippen LogP contribution in [0.5, 0.6) is 0 Å². The maximum Gasteiger partial charge on any atom is 0.416 e. The van der Waals surface area contributed by atoms with E-state index in [4.69, 9.17) is 0 Å². The molecule has 0 radical (unpaired) electrons. The standard InChI is InChI=1S/C21H20F3N3O/c22-21(23,24)15-7-6-8-16(13-15)27-19(14-26-11-4-1-5-12-26)25-18-10-3-2-9-17(18)20(27)28/h2-3,6-10,13H,1,4-5,11-12,14H2. The monoisotopic (exact) mass is 387 g/mol. The Morgan fingerprint density at radius 1 is 0.964 bits per heavy atom. The van der Waals surface area contributed by atoms with Crippen molar-refractivity contribution in [1.29, 1.82) is 0 Å². The lowest BCUT2D eigenvalue weighted by Gasteiger charge is -2.27. The Labute approximate surface area is 160 Å². The molecule has 1 aliphatic rings. The lowest BCUT2D eigenvalue weighted by Crippen LogP contribution is -2.33. The molecule has 0 unspecified atom stereocenters. The first-order valence-electron chi connectivity index (χ1n) is 9.34. The number of para-hydroxylation sites is 1. The molecule has 0 N–H and O–H groups in total. The topological polar surface area (TPSA) is 38.1 Å². The summed E-state index contributed by atoms with van der Waals surface area (Å²) in [6.45, 7) is 2.22. The number of nitrogens with zero attached hydrogens (tertiary/aromatic N) is 3. The first-order chi connectivity index (χ1) is 13.4. The van der Waals surface area contributed by atoms with Gasteiger partial charge in [0.25, 0.3) is 5.56 Å². The largest absolute Gasteiger partial charge is 0.416 e. The molecule has 0 spiro atoms. The highest BCUT2D eigenvalue weighted by Crippen LogP contribution is 2.30. The Morgan fingerprint density at radius 2 is 1.71 bits per heavy atom. The predicted octanol–water partition coefficient (Wildman–Crippen LogP) is 4.39. The molecule has 0 bridgehead atoms. The number of benzene rings is 2. The number of hydrogen-bond acceptors (Lipinski definition) is 3. The van der Waals surface area contributed by atoms with Crippen LogP contribution in [0.3, 0.4) is 0 Å². The fourth-order valence-electron chi connectivity index (χ4n) is 3.69. The summed E-state index contributed by atoms with van der Waals surface area (Å²) in [6.07, 6.45) is -1.16. The Kier molecular flexibility index (Phi) is 4.93. The van der Waals surface area contributed by atoms with Gasteiger partial charge in [-0.05, 0) is 56.3 Å². The third kappa shape index (κ3) is 3.67. The second kappa shape index (κ2) is 7.39. The van der Waals surface area contributed by atoms with Crippen LogP contribution in [-0.2, 0) is 12.7 Å². The SMILES string of the molecule is O=c1c2ccccc2nc(CN2CCCCC2)n1-c1cccc(C(F)(F)F)c1. The summed E-state index contributed by atoms with van der Waals surface area (Å²) in [5, 5.41) is 0.391. The lowest BCUT2D eigenvalue weighted by molar-refractivity contribution is -0.137. The van der Waals surface area contributed by atoms with Crippen molar-refractivity contribution in [1.82, 2.24) is 14.5 Å². The number of halogens is 3. The molecule has 1 saturated heterocycles. The van der Waals surface area contributed by atoms with E-state index in [9.17, 15) is 18.0 Å². The number of alkyl halides is 3. The van der Waals surface area contributed by atoms with Crippen molar-refractivity contribution >= 4 is 10.9 Å². The number of likely N-dealkylation sites (tertiary alicyclic amines) is 1. The molecule has 0 aliphatic carbocycles. The molecule has 0 atom stereocenters. The summed E-state index contributed by atoms with van der Waals surface area (Å²) in [5.41, 5.74) is -0.390. The van der Waals surface area contributed by atoms with Gasteiger partial charge in [0.05, 0.1) is 28.7 Å². The van der Waals surface area contributed by atoms with Gasteiger partial charge in [-0.3, -0.25) is 14.3 Å². The van der Waals surface area contributed by atoms with Crippen molar-refractivity contribution in [2.75, 3.05) is 13.1 Å². The average molecular weight is 387 g/mol. The van der Waals surface area contributed by atoms with Crippen LogP contribution in [0, 0.1) is 0 Å². The minimum atomic E-state index is -4.48. The van der Waals surface area contributed by atoms with Crippen molar-refractivity contribution in [3.05, 3.63) is 70.3 Å². The quantitative estimate of drug-likeness (QED) is 0.669. The molecule has 4 nitrogen and oxygen atoms in total. The molecule has 1 fully saturated rings. The van der Waals surface area contributed by atoms with Crippen molar-refractivity contribution in [3.63, 3.8) is 0 Å². The summed E-state index contributed by atoms with van der Waals surface area (Å²) in [6, 6.07) is 11.8. The molecule has 0 amide bonds. The number of fused-ring (bicyclic) bond motifs is 1. The van der Waals surface area contributed by atoms with E-state index in [-0.39, 0.29) is 11.2 Å². The summed E-state index contributed by atoms with van der Waals surface area (Å²) in [4.78, 5) is 20.0. The predicted molar refractivity (Wildman–Crippen MR) is 101 cm³/mol. The minimum Gasteiger partial charge on any atom is -0.296 e. The van der Waals surface area contributed by atoms with Gasteiger partial charge < -0.3 is 0 Å². The van der Waals surface area contributed by atoms with Crippen LogP contribution < -0.4 is 5.56 Å². The van der Waals surface area contributed by atoms with E-state index in [1.54, 1.807) is 24.3 Å². The van der Waals surface area contributed by atoms with Crippen LogP contribution in [0.15, 0.2) is 53.3 Å². The van der Waals surface area contributed by atoms with E-state index < -0.39 is 11.7 Å². The highest BCUT2D eigenvalue weighted by atomic mass is 19.4. The molecule has 1 aliphatic heterocycles. The highest BCUT2D eigenvalue weighted by Gasteiger charge is 2.31. The van der Waals surface area contributed by atoms with Gasteiger partial charge in [-0.25, -0.2) is 4.98 Å². The van der Waals surface area contributed by atoms with Crippen LogP contribution in [0.25, 0.3) is 16.6 Å². The van der Waals surface area contributed by atoms with Crippen molar-refractivity contribution in [3.8, 4) is 5.69 Å². The smallest absolute Gasteiger partial charge is 0.296 e. The number of hydrogen-bond donors (Lipinski definition) is 0. The summed E-state index contributed by atoms with van der Waals surface area (Å²) < 4.78 is 40.9. The molecule has 3 aromatic rings. The molecule has 146 valence electrons. The van der Waals surface area contributed by atoms with E-state index in [0.717, 1.165) is 38.1 Å². The molecule has 28 heavy (non-hydrogen) atoms. The van der Waals surface area contributed by atoms with Crippen LogP contribution in [0.2, 0.25) is 0 Å². The summed E-state index contributed by atoms with van der Waals surface area (Å²) in [5.74, 6) is 0.463. The maximum absolute atomic E-state index is 13.2. The molecule has 0 saturated carbocycles.